The van der Waals surface area contributed by atoms with Crippen LogP contribution in [0.3, 0.4) is 0 Å². The third-order valence-corrected chi connectivity index (χ3v) is 4.22. The van der Waals surface area contributed by atoms with Gasteiger partial charge in [-0.3, -0.25) is 9.78 Å². The molecule has 0 aliphatic heterocycles. The molecule has 0 bridgehead atoms. The highest BCUT2D eigenvalue weighted by Crippen LogP contribution is 2.28. The summed E-state index contributed by atoms with van der Waals surface area (Å²) in [6.07, 6.45) is 2.48. The summed E-state index contributed by atoms with van der Waals surface area (Å²) in [5.41, 5.74) is 1.04. The van der Waals surface area contributed by atoms with E-state index in [1.807, 2.05) is 39.0 Å². The number of aromatic nitrogens is 4. The van der Waals surface area contributed by atoms with Gasteiger partial charge in [-0.1, -0.05) is 13.0 Å². The number of hydrogen-bond acceptors (Lipinski definition) is 6. The van der Waals surface area contributed by atoms with Gasteiger partial charge in [0, 0.05) is 6.54 Å². The van der Waals surface area contributed by atoms with E-state index in [0.717, 1.165) is 17.7 Å². The molecule has 2 aromatic heterocycles. The second-order valence-electron chi connectivity index (χ2n) is 7.57. The van der Waals surface area contributed by atoms with Crippen LogP contribution in [0.15, 0.2) is 29.2 Å². The molecule has 0 aliphatic rings. The number of methoxy groups -OCH3 is 1. The standard InChI is InChI=1S/C20H27N5O3/c1-6-9-28-15-8-7-13(10-16(15)27-5)11-21-19-23-17-14(18(26)24-19)12-22-25(17)20(2,3)4/h7-8,10,12H,6,9,11H2,1-5H3,(H2,21,23,24,26). The Kier molecular flexibility index (Phi) is 5.58. The van der Waals surface area contributed by atoms with Crippen LogP contribution in [0.25, 0.3) is 11.0 Å². The number of fused-ring (bicyclic) bond motifs is 1. The van der Waals surface area contributed by atoms with E-state index in [2.05, 4.69) is 27.3 Å². The Morgan fingerprint density at radius 2 is 2.04 bits per heavy atom. The summed E-state index contributed by atoms with van der Waals surface area (Å²) in [6, 6.07) is 5.75. The van der Waals surface area contributed by atoms with E-state index in [-0.39, 0.29) is 11.1 Å². The van der Waals surface area contributed by atoms with Crippen molar-refractivity contribution in [2.45, 2.75) is 46.2 Å². The van der Waals surface area contributed by atoms with Crippen LogP contribution >= 0.6 is 0 Å². The van der Waals surface area contributed by atoms with Crippen LogP contribution in [0.2, 0.25) is 0 Å². The van der Waals surface area contributed by atoms with E-state index in [9.17, 15) is 4.79 Å². The third kappa shape index (κ3) is 4.11. The minimum absolute atomic E-state index is 0.219. The molecule has 28 heavy (non-hydrogen) atoms. The third-order valence-electron chi connectivity index (χ3n) is 4.22. The van der Waals surface area contributed by atoms with Crippen LogP contribution in [0.1, 0.15) is 39.7 Å². The predicted octanol–water partition coefficient (Wildman–Crippen LogP) is 3.28. The van der Waals surface area contributed by atoms with Crippen molar-refractivity contribution < 1.29 is 9.47 Å². The van der Waals surface area contributed by atoms with E-state index in [1.54, 1.807) is 18.0 Å². The number of anilines is 1. The van der Waals surface area contributed by atoms with Crippen molar-refractivity contribution in [1.82, 2.24) is 19.7 Å². The van der Waals surface area contributed by atoms with E-state index in [1.165, 1.54) is 0 Å². The Hall–Kier alpha value is -3.03. The van der Waals surface area contributed by atoms with E-state index in [4.69, 9.17) is 9.47 Å². The van der Waals surface area contributed by atoms with Crippen molar-refractivity contribution in [3.8, 4) is 11.5 Å². The number of ether oxygens (including phenoxy) is 2. The molecule has 3 aromatic rings. The highest BCUT2D eigenvalue weighted by molar-refractivity contribution is 5.74. The summed E-state index contributed by atoms with van der Waals surface area (Å²) in [5.74, 6) is 1.79. The van der Waals surface area contributed by atoms with E-state index >= 15 is 0 Å². The molecule has 0 saturated heterocycles. The first kappa shape index (κ1) is 19.7. The summed E-state index contributed by atoms with van der Waals surface area (Å²) in [6.45, 7) is 9.22. The van der Waals surface area contributed by atoms with Crippen molar-refractivity contribution in [1.29, 1.82) is 0 Å². The molecule has 0 aliphatic carbocycles. The smallest absolute Gasteiger partial charge is 0.263 e. The molecule has 0 spiro atoms. The molecule has 8 heteroatoms. The van der Waals surface area contributed by atoms with Crippen molar-refractivity contribution in [2.75, 3.05) is 19.0 Å². The van der Waals surface area contributed by atoms with E-state index in [0.29, 0.717) is 35.9 Å². The molecule has 150 valence electrons. The molecule has 0 fully saturated rings. The number of benzene rings is 1. The Labute approximate surface area is 163 Å². The highest BCUT2D eigenvalue weighted by Gasteiger charge is 2.19. The lowest BCUT2D eigenvalue weighted by molar-refractivity contribution is 0.294. The molecule has 0 amide bonds. The number of hydrogen-bond donors (Lipinski definition) is 2. The molecular weight excluding hydrogens is 358 g/mol. The van der Waals surface area contributed by atoms with Gasteiger partial charge in [-0.25, -0.2) is 4.68 Å². The second-order valence-corrected chi connectivity index (χ2v) is 7.57. The SMILES string of the molecule is CCCOc1ccc(CNc2nc3c(cnn3C(C)(C)C)c(=O)[nH]2)cc1OC. The van der Waals surface area contributed by atoms with Crippen LogP contribution in [-0.2, 0) is 12.1 Å². The Morgan fingerprint density at radius 1 is 1.25 bits per heavy atom. The van der Waals surface area contributed by atoms with Crippen molar-refractivity contribution in [2.24, 2.45) is 0 Å². The molecule has 0 atom stereocenters. The molecule has 2 heterocycles. The van der Waals surface area contributed by atoms with Gasteiger partial charge in [0.15, 0.2) is 17.1 Å². The normalized spacial score (nSPS) is 11.6. The van der Waals surface area contributed by atoms with Gasteiger partial charge in [-0.15, -0.1) is 0 Å². The van der Waals surface area contributed by atoms with Crippen LogP contribution in [0.5, 0.6) is 11.5 Å². The van der Waals surface area contributed by atoms with Crippen LogP contribution in [-0.4, -0.2) is 33.5 Å². The number of rotatable bonds is 7. The van der Waals surface area contributed by atoms with E-state index < -0.39 is 0 Å². The summed E-state index contributed by atoms with van der Waals surface area (Å²) in [4.78, 5) is 19.7. The first-order chi connectivity index (χ1) is 13.3. The van der Waals surface area contributed by atoms with Gasteiger partial charge in [0.05, 0.1) is 25.5 Å². The topological polar surface area (TPSA) is 94.1 Å². The lowest BCUT2D eigenvalue weighted by atomic mass is 10.1. The monoisotopic (exact) mass is 385 g/mol. The average Bonchev–Trinajstić information content (AvgIpc) is 3.10. The largest absolute Gasteiger partial charge is 0.493 e. The average molecular weight is 385 g/mol. The molecular formula is C20H27N5O3. The van der Waals surface area contributed by atoms with Gasteiger partial charge < -0.3 is 14.8 Å². The molecule has 3 rings (SSSR count). The molecule has 0 unspecified atom stereocenters. The summed E-state index contributed by atoms with van der Waals surface area (Å²) in [5, 5.41) is 7.96. The lowest BCUT2D eigenvalue weighted by Gasteiger charge is -2.19. The maximum atomic E-state index is 12.4. The number of aromatic amines is 1. The molecule has 0 saturated carbocycles. The van der Waals surface area contributed by atoms with Gasteiger partial charge in [-0.05, 0) is 44.9 Å². The number of H-pyrrole nitrogens is 1. The van der Waals surface area contributed by atoms with Gasteiger partial charge in [0.2, 0.25) is 5.95 Å². The zero-order valence-electron chi connectivity index (χ0n) is 17.0. The van der Waals surface area contributed by atoms with Crippen molar-refractivity contribution in [3.05, 3.63) is 40.3 Å². The zero-order chi connectivity index (χ0) is 20.3. The zero-order valence-corrected chi connectivity index (χ0v) is 17.0. The minimum Gasteiger partial charge on any atom is -0.493 e. The van der Waals surface area contributed by atoms with Gasteiger partial charge >= 0.3 is 0 Å². The molecule has 1 aromatic carbocycles. The highest BCUT2D eigenvalue weighted by atomic mass is 16.5. The molecule has 0 radical (unpaired) electrons. The maximum Gasteiger partial charge on any atom is 0.263 e. The summed E-state index contributed by atoms with van der Waals surface area (Å²) in [7, 11) is 1.62. The Morgan fingerprint density at radius 3 is 2.71 bits per heavy atom. The maximum absolute atomic E-state index is 12.4. The second kappa shape index (κ2) is 7.92. The van der Waals surface area contributed by atoms with Gasteiger partial charge in [0.1, 0.15) is 5.39 Å². The Bertz CT molecular complexity index is 1020. The number of nitrogens with one attached hydrogen (secondary N) is 2. The Balaban J connectivity index is 1.83. The van der Waals surface area contributed by atoms with Crippen molar-refractivity contribution in [3.63, 3.8) is 0 Å². The summed E-state index contributed by atoms with van der Waals surface area (Å²) < 4.78 is 12.9. The van der Waals surface area contributed by atoms with Gasteiger partial charge in [0.25, 0.3) is 5.56 Å². The lowest BCUT2D eigenvalue weighted by Crippen LogP contribution is -2.24. The van der Waals surface area contributed by atoms with Gasteiger partial charge in [-0.2, -0.15) is 10.1 Å². The fourth-order valence-corrected chi connectivity index (χ4v) is 2.83. The first-order valence-electron chi connectivity index (χ1n) is 9.35. The van der Waals surface area contributed by atoms with Crippen molar-refractivity contribution >= 4 is 17.0 Å². The first-order valence-corrected chi connectivity index (χ1v) is 9.35. The molecule has 8 nitrogen and oxygen atoms in total. The van der Waals surface area contributed by atoms with Crippen LogP contribution in [0.4, 0.5) is 5.95 Å². The predicted molar refractivity (Wildman–Crippen MR) is 109 cm³/mol. The fraction of sp³-hybridized carbons (Fsp3) is 0.450. The quantitative estimate of drug-likeness (QED) is 0.648. The summed E-state index contributed by atoms with van der Waals surface area (Å²) >= 11 is 0. The van der Waals surface area contributed by atoms with Crippen LogP contribution in [0, 0.1) is 0 Å². The van der Waals surface area contributed by atoms with Crippen LogP contribution < -0.4 is 20.3 Å². The fourth-order valence-electron chi connectivity index (χ4n) is 2.83. The minimum atomic E-state index is -0.276. The molecule has 2 N–H and O–H groups in total. The number of nitrogens with zero attached hydrogens (tertiary/aromatic N) is 3.